The number of benzene rings is 1. The van der Waals surface area contributed by atoms with Gasteiger partial charge in [0.1, 0.15) is 5.82 Å². The Morgan fingerprint density at radius 1 is 1.12 bits per heavy atom. The summed E-state index contributed by atoms with van der Waals surface area (Å²) < 4.78 is 3.12. The molecule has 0 saturated heterocycles. The Hall–Kier alpha value is -2.28. The highest BCUT2D eigenvalue weighted by Crippen LogP contribution is 2.25. The minimum atomic E-state index is -0.450. The highest BCUT2D eigenvalue weighted by atomic mass is 32.2. The lowest BCUT2D eigenvalue weighted by Gasteiger charge is -2.06. The maximum atomic E-state index is 12.0. The van der Waals surface area contributed by atoms with Crippen molar-refractivity contribution in [2.75, 3.05) is 0 Å². The van der Waals surface area contributed by atoms with Gasteiger partial charge in [0.05, 0.1) is 5.75 Å². The molecule has 1 aromatic carbocycles. The summed E-state index contributed by atoms with van der Waals surface area (Å²) in [6.07, 6.45) is 0. The molecule has 7 heteroatoms. The fourth-order valence-corrected chi connectivity index (χ4v) is 3.46. The number of hydrogen-bond donors (Lipinski definition) is 1. The van der Waals surface area contributed by atoms with Gasteiger partial charge in [-0.15, -0.1) is 11.8 Å². The van der Waals surface area contributed by atoms with Crippen molar-refractivity contribution in [3.63, 3.8) is 0 Å². The van der Waals surface area contributed by atoms with Gasteiger partial charge in [0.25, 0.3) is 5.56 Å². The Labute approximate surface area is 143 Å². The smallest absolute Gasteiger partial charge is 0.325 e. The maximum Gasteiger partial charge on any atom is 0.329 e. The van der Waals surface area contributed by atoms with Crippen LogP contribution in [0.2, 0.25) is 0 Å². The Morgan fingerprint density at radius 2 is 1.79 bits per heavy atom. The van der Waals surface area contributed by atoms with E-state index in [4.69, 9.17) is 0 Å². The molecule has 0 aliphatic heterocycles. The molecule has 0 aliphatic rings. The van der Waals surface area contributed by atoms with Gasteiger partial charge in [-0.2, -0.15) is 0 Å². The summed E-state index contributed by atoms with van der Waals surface area (Å²) in [4.78, 5) is 31.7. The molecule has 1 N–H and O–H groups in total. The van der Waals surface area contributed by atoms with Crippen LogP contribution >= 0.6 is 11.8 Å². The quantitative estimate of drug-likeness (QED) is 0.738. The molecular formula is C17H20N4O2S. The third-order valence-corrected chi connectivity index (χ3v) is 5.15. The number of aromatic nitrogens is 4. The number of thioether (sulfide) groups is 1. The fourth-order valence-electron chi connectivity index (χ4n) is 2.58. The Kier molecular flexibility index (Phi) is 4.36. The normalized spacial score (nSPS) is 11.5. The summed E-state index contributed by atoms with van der Waals surface area (Å²) in [7, 11) is 3.40. The monoisotopic (exact) mass is 344 g/mol. The lowest BCUT2D eigenvalue weighted by molar-refractivity contribution is 0.829. The molecule has 0 amide bonds. The number of nitrogens with one attached hydrogen (secondary N) is 1. The second-order valence-electron chi connectivity index (χ2n) is 6.09. The zero-order chi connectivity index (χ0) is 17.4. The van der Waals surface area contributed by atoms with Gasteiger partial charge in [-0.05, 0) is 23.6 Å². The van der Waals surface area contributed by atoms with E-state index in [0.717, 1.165) is 10.7 Å². The molecule has 0 spiro atoms. The molecule has 0 atom stereocenters. The van der Waals surface area contributed by atoms with Gasteiger partial charge in [0, 0.05) is 19.0 Å². The molecule has 3 aromatic rings. The second-order valence-corrected chi connectivity index (χ2v) is 7.14. The van der Waals surface area contributed by atoms with Crippen molar-refractivity contribution in [3.05, 3.63) is 56.5 Å². The Morgan fingerprint density at radius 3 is 2.42 bits per heavy atom. The van der Waals surface area contributed by atoms with Crippen molar-refractivity contribution < 1.29 is 0 Å². The van der Waals surface area contributed by atoms with Crippen LogP contribution in [0.3, 0.4) is 0 Å². The average molecular weight is 344 g/mol. The van der Waals surface area contributed by atoms with E-state index in [0.29, 0.717) is 22.8 Å². The summed E-state index contributed by atoms with van der Waals surface area (Å²) in [5, 5.41) is 0. The molecule has 0 saturated carbocycles. The van der Waals surface area contributed by atoms with Crippen LogP contribution in [0.1, 0.15) is 31.2 Å². The first kappa shape index (κ1) is 16.6. The van der Waals surface area contributed by atoms with Gasteiger partial charge < -0.3 is 4.57 Å². The van der Waals surface area contributed by atoms with E-state index in [2.05, 4.69) is 48.1 Å². The maximum absolute atomic E-state index is 12.0. The Balaban J connectivity index is 1.89. The molecule has 2 heterocycles. The second kappa shape index (κ2) is 6.32. The molecule has 2 aromatic heterocycles. The first-order valence-corrected chi connectivity index (χ1v) is 8.74. The molecule has 0 unspecified atom stereocenters. The topological polar surface area (TPSA) is 72.7 Å². The van der Waals surface area contributed by atoms with Gasteiger partial charge in [-0.1, -0.05) is 26.0 Å². The van der Waals surface area contributed by atoms with E-state index >= 15 is 0 Å². The van der Waals surface area contributed by atoms with Crippen LogP contribution in [-0.4, -0.2) is 19.1 Å². The van der Waals surface area contributed by atoms with Crippen LogP contribution in [0, 0.1) is 0 Å². The van der Waals surface area contributed by atoms with Crippen molar-refractivity contribution >= 4 is 22.9 Å². The summed E-state index contributed by atoms with van der Waals surface area (Å²) in [5.74, 6) is 1.89. The van der Waals surface area contributed by atoms with E-state index < -0.39 is 11.2 Å². The predicted molar refractivity (Wildman–Crippen MR) is 96.7 cm³/mol. The van der Waals surface area contributed by atoms with Crippen LogP contribution in [0.4, 0.5) is 0 Å². The van der Waals surface area contributed by atoms with E-state index in [1.165, 1.54) is 10.1 Å². The van der Waals surface area contributed by atoms with Crippen LogP contribution in [0.15, 0.2) is 38.8 Å². The third-order valence-electron chi connectivity index (χ3n) is 4.14. The summed E-state index contributed by atoms with van der Waals surface area (Å²) in [5.41, 5.74) is 1.29. The number of aryl methyl sites for hydroxylation is 2. The van der Waals surface area contributed by atoms with Crippen LogP contribution in [0.25, 0.3) is 11.2 Å². The number of hydrogen-bond acceptors (Lipinski definition) is 4. The van der Waals surface area contributed by atoms with Crippen molar-refractivity contribution in [3.8, 4) is 0 Å². The minimum absolute atomic E-state index is 0.402. The molecule has 24 heavy (non-hydrogen) atoms. The first-order chi connectivity index (χ1) is 11.4. The van der Waals surface area contributed by atoms with E-state index in [-0.39, 0.29) is 0 Å². The number of aromatic amines is 1. The highest BCUT2D eigenvalue weighted by molar-refractivity contribution is 7.98. The number of nitrogens with zero attached hydrogens (tertiary/aromatic N) is 3. The number of fused-ring (bicyclic) bond motifs is 1. The molecule has 0 fully saturated rings. The molecule has 3 rings (SSSR count). The van der Waals surface area contributed by atoms with Crippen molar-refractivity contribution in [1.82, 2.24) is 19.1 Å². The third kappa shape index (κ3) is 2.91. The van der Waals surface area contributed by atoms with Crippen LogP contribution < -0.4 is 11.2 Å². The number of H-pyrrole nitrogens is 1. The van der Waals surface area contributed by atoms with E-state index in [1.54, 1.807) is 30.4 Å². The van der Waals surface area contributed by atoms with Gasteiger partial charge in [-0.25, -0.2) is 9.78 Å². The van der Waals surface area contributed by atoms with Gasteiger partial charge in [0.2, 0.25) is 0 Å². The first-order valence-electron chi connectivity index (χ1n) is 7.76. The van der Waals surface area contributed by atoms with Gasteiger partial charge in [0.15, 0.2) is 11.2 Å². The molecule has 0 aliphatic carbocycles. The largest absolute Gasteiger partial charge is 0.329 e. The van der Waals surface area contributed by atoms with Crippen molar-refractivity contribution in [1.29, 1.82) is 0 Å². The lowest BCUT2D eigenvalue weighted by Crippen LogP contribution is -2.29. The summed E-state index contributed by atoms with van der Waals surface area (Å²) in [6, 6.07) is 8.48. The molecule has 6 nitrogen and oxygen atoms in total. The molecule has 126 valence electrons. The fraction of sp³-hybridized carbons (Fsp3) is 0.353. The minimum Gasteiger partial charge on any atom is -0.325 e. The van der Waals surface area contributed by atoms with E-state index in [9.17, 15) is 9.59 Å². The SMILES string of the molecule is CC(C)c1ccc(SCc2nc3c(c(=O)[nH]c(=O)n3C)n2C)cc1. The summed E-state index contributed by atoms with van der Waals surface area (Å²) >= 11 is 1.66. The zero-order valence-corrected chi connectivity index (χ0v) is 15.0. The standard InChI is InChI=1S/C17H20N4O2S/c1-10(2)11-5-7-12(8-6-11)24-9-13-18-15-14(20(13)3)16(22)19-17(23)21(15)4/h5-8,10H,9H2,1-4H3,(H,19,22,23). The van der Waals surface area contributed by atoms with E-state index in [1.807, 2.05) is 0 Å². The average Bonchev–Trinajstić information content (AvgIpc) is 2.88. The highest BCUT2D eigenvalue weighted by Gasteiger charge is 2.14. The van der Waals surface area contributed by atoms with Gasteiger partial charge >= 0.3 is 5.69 Å². The van der Waals surface area contributed by atoms with Crippen LogP contribution in [0.5, 0.6) is 0 Å². The molecule has 0 bridgehead atoms. The lowest BCUT2D eigenvalue weighted by atomic mass is 10.0. The Bertz CT molecular complexity index is 996. The number of rotatable bonds is 4. The zero-order valence-electron chi connectivity index (χ0n) is 14.2. The predicted octanol–water partition coefficient (Wildman–Crippen LogP) is 2.38. The van der Waals surface area contributed by atoms with Crippen LogP contribution in [-0.2, 0) is 19.8 Å². The van der Waals surface area contributed by atoms with Crippen molar-refractivity contribution in [2.24, 2.45) is 14.1 Å². The molecule has 0 radical (unpaired) electrons. The number of imidazole rings is 1. The van der Waals surface area contributed by atoms with Gasteiger partial charge in [-0.3, -0.25) is 14.3 Å². The van der Waals surface area contributed by atoms with Crippen molar-refractivity contribution in [2.45, 2.75) is 30.4 Å². The summed E-state index contributed by atoms with van der Waals surface area (Å²) in [6.45, 7) is 4.34. The molecular weight excluding hydrogens is 324 g/mol.